The van der Waals surface area contributed by atoms with E-state index in [1.54, 1.807) is 12.1 Å². The lowest BCUT2D eigenvalue weighted by atomic mass is 10.1. The molecule has 0 amide bonds. The van der Waals surface area contributed by atoms with E-state index < -0.39 is 0 Å². The molecule has 0 aliphatic heterocycles. The Kier molecular flexibility index (Phi) is 2.98. The fourth-order valence-electron chi connectivity index (χ4n) is 2.00. The van der Waals surface area contributed by atoms with Gasteiger partial charge in [0, 0.05) is 5.56 Å². The molecule has 5 heteroatoms. The predicted molar refractivity (Wildman–Crippen MR) is 71.5 cm³/mol. The first-order valence-electron chi connectivity index (χ1n) is 5.97. The second-order valence-electron chi connectivity index (χ2n) is 4.16. The number of nitrogens with zero attached hydrogens (tertiary/aromatic N) is 4. The van der Waals surface area contributed by atoms with Gasteiger partial charge in [0.2, 0.25) is 0 Å². The highest BCUT2D eigenvalue weighted by Gasteiger charge is 2.15. The third-order valence-electron chi connectivity index (χ3n) is 2.88. The first kappa shape index (κ1) is 12.1. The average Bonchev–Trinajstić information content (AvgIpc) is 2.92. The SMILES string of the molecule is N#Cc1nnn(-c2cccc(F)c2)c1-c1ccccc1. The number of aromatic nitrogens is 3. The summed E-state index contributed by atoms with van der Waals surface area (Å²) in [6.45, 7) is 0. The highest BCUT2D eigenvalue weighted by molar-refractivity contribution is 5.66. The first-order chi connectivity index (χ1) is 9.79. The van der Waals surface area contributed by atoms with Gasteiger partial charge in [0.15, 0.2) is 5.69 Å². The van der Waals surface area contributed by atoms with E-state index in [9.17, 15) is 4.39 Å². The molecule has 4 nitrogen and oxygen atoms in total. The summed E-state index contributed by atoms with van der Waals surface area (Å²) in [5.41, 5.74) is 2.09. The lowest BCUT2D eigenvalue weighted by Crippen LogP contribution is -2.00. The summed E-state index contributed by atoms with van der Waals surface area (Å²) >= 11 is 0. The van der Waals surface area contributed by atoms with Gasteiger partial charge in [-0.2, -0.15) is 5.26 Å². The van der Waals surface area contributed by atoms with E-state index in [4.69, 9.17) is 5.26 Å². The second kappa shape index (κ2) is 4.94. The minimum Gasteiger partial charge on any atom is -0.211 e. The molecule has 0 aliphatic rings. The summed E-state index contributed by atoms with van der Waals surface area (Å²) in [7, 11) is 0. The van der Waals surface area contributed by atoms with Crippen LogP contribution in [0, 0.1) is 17.1 Å². The van der Waals surface area contributed by atoms with Crippen LogP contribution < -0.4 is 0 Å². The Balaban J connectivity index is 2.24. The zero-order valence-corrected chi connectivity index (χ0v) is 10.4. The Morgan fingerprint density at radius 2 is 1.85 bits per heavy atom. The average molecular weight is 264 g/mol. The minimum absolute atomic E-state index is 0.209. The van der Waals surface area contributed by atoms with Gasteiger partial charge in [0.25, 0.3) is 0 Å². The Morgan fingerprint density at radius 3 is 2.55 bits per heavy atom. The monoisotopic (exact) mass is 264 g/mol. The highest BCUT2D eigenvalue weighted by Crippen LogP contribution is 2.24. The van der Waals surface area contributed by atoms with Crippen LogP contribution in [0.1, 0.15) is 5.69 Å². The van der Waals surface area contributed by atoms with Gasteiger partial charge in [-0.3, -0.25) is 0 Å². The van der Waals surface area contributed by atoms with E-state index in [-0.39, 0.29) is 11.5 Å². The molecule has 1 heterocycles. The number of hydrogen-bond donors (Lipinski definition) is 0. The maximum Gasteiger partial charge on any atom is 0.191 e. The summed E-state index contributed by atoms with van der Waals surface area (Å²) in [6.07, 6.45) is 0. The molecule has 96 valence electrons. The van der Waals surface area contributed by atoms with Crippen molar-refractivity contribution in [2.75, 3.05) is 0 Å². The van der Waals surface area contributed by atoms with Gasteiger partial charge in [-0.1, -0.05) is 41.6 Å². The largest absolute Gasteiger partial charge is 0.211 e. The lowest BCUT2D eigenvalue weighted by Gasteiger charge is -2.06. The van der Waals surface area contributed by atoms with Gasteiger partial charge in [0.05, 0.1) is 5.69 Å². The number of halogens is 1. The van der Waals surface area contributed by atoms with E-state index in [1.165, 1.54) is 16.8 Å². The smallest absolute Gasteiger partial charge is 0.191 e. The van der Waals surface area contributed by atoms with Gasteiger partial charge < -0.3 is 0 Å². The van der Waals surface area contributed by atoms with E-state index in [0.717, 1.165) is 5.56 Å². The molecule has 0 aliphatic carbocycles. The summed E-state index contributed by atoms with van der Waals surface area (Å²) in [4.78, 5) is 0. The maximum absolute atomic E-state index is 13.3. The molecule has 0 saturated carbocycles. The Morgan fingerprint density at radius 1 is 1.05 bits per heavy atom. The van der Waals surface area contributed by atoms with Gasteiger partial charge in [-0.25, -0.2) is 9.07 Å². The minimum atomic E-state index is -0.365. The van der Waals surface area contributed by atoms with E-state index in [1.807, 2.05) is 36.4 Å². The molecule has 0 saturated heterocycles. The fourth-order valence-corrected chi connectivity index (χ4v) is 2.00. The predicted octanol–water partition coefficient (Wildman–Crippen LogP) is 2.95. The highest BCUT2D eigenvalue weighted by atomic mass is 19.1. The van der Waals surface area contributed by atoms with Crippen molar-refractivity contribution in [3.8, 4) is 23.0 Å². The van der Waals surface area contributed by atoms with Crippen molar-refractivity contribution < 1.29 is 4.39 Å². The number of nitriles is 1. The topological polar surface area (TPSA) is 54.5 Å². The van der Waals surface area contributed by atoms with Crippen LogP contribution in [0.25, 0.3) is 16.9 Å². The van der Waals surface area contributed by atoms with Gasteiger partial charge in [0.1, 0.15) is 17.6 Å². The molecule has 20 heavy (non-hydrogen) atoms. The zero-order chi connectivity index (χ0) is 13.9. The van der Waals surface area contributed by atoms with Crippen molar-refractivity contribution in [2.45, 2.75) is 0 Å². The van der Waals surface area contributed by atoms with Crippen LogP contribution in [-0.4, -0.2) is 15.0 Å². The summed E-state index contributed by atoms with van der Waals surface area (Å²) < 4.78 is 14.8. The molecular formula is C15H9FN4. The van der Waals surface area contributed by atoms with Gasteiger partial charge >= 0.3 is 0 Å². The Bertz CT molecular complexity index is 787. The molecule has 2 aromatic carbocycles. The summed E-state index contributed by atoms with van der Waals surface area (Å²) in [5, 5.41) is 17.0. The number of benzene rings is 2. The second-order valence-corrected chi connectivity index (χ2v) is 4.16. The Labute approximate surface area is 114 Å². The standard InChI is InChI=1S/C15H9FN4/c16-12-7-4-8-13(9-12)20-15(14(10-17)18-19-20)11-5-2-1-3-6-11/h1-9H. The fraction of sp³-hybridized carbons (Fsp3) is 0. The van der Waals surface area contributed by atoms with Crippen LogP contribution in [0.5, 0.6) is 0 Å². The number of hydrogen-bond acceptors (Lipinski definition) is 3. The third kappa shape index (κ3) is 2.04. The third-order valence-corrected chi connectivity index (χ3v) is 2.88. The molecule has 0 radical (unpaired) electrons. The first-order valence-corrected chi connectivity index (χ1v) is 5.97. The zero-order valence-electron chi connectivity index (χ0n) is 10.4. The van der Waals surface area contributed by atoms with Crippen molar-refractivity contribution in [3.63, 3.8) is 0 Å². The Hall–Kier alpha value is -3.00. The quantitative estimate of drug-likeness (QED) is 0.715. The van der Waals surface area contributed by atoms with E-state index >= 15 is 0 Å². The molecule has 3 aromatic rings. The van der Waals surface area contributed by atoms with Gasteiger partial charge in [-0.05, 0) is 18.2 Å². The van der Waals surface area contributed by atoms with Crippen LogP contribution >= 0.6 is 0 Å². The molecule has 0 atom stereocenters. The molecule has 3 rings (SSSR count). The molecule has 0 spiro atoms. The normalized spacial score (nSPS) is 10.2. The van der Waals surface area contributed by atoms with Crippen LogP contribution in [0.3, 0.4) is 0 Å². The lowest BCUT2D eigenvalue weighted by molar-refractivity contribution is 0.625. The molecule has 0 N–H and O–H groups in total. The summed E-state index contributed by atoms with van der Waals surface area (Å²) in [5.74, 6) is -0.365. The van der Waals surface area contributed by atoms with Crippen LogP contribution in [0.2, 0.25) is 0 Å². The van der Waals surface area contributed by atoms with Crippen molar-refractivity contribution >= 4 is 0 Å². The number of rotatable bonds is 2. The van der Waals surface area contributed by atoms with Crippen molar-refractivity contribution in [3.05, 3.63) is 66.1 Å². The van der Waals surface area contributed by atoms with Gasteiger partial charge in [-0.15, -0.1) is 5.10 Å². The molecule has 1 aromatic heterocycles. The molecule has 0 bridgehead atoms. The van der Waals surface area contributed by atoms with Crippen LogP contribution in [-0.2, 0) is 0 Å². The van der Waals surface area contributed by atoms with E-state index in [2.05, 4.69) is 10.3 Å². The van der Waals surface area contributed by atoms with Crippen LogP contribution in [0.15, 0.2) is 54.6 Å². The summed E-state index contributed by atoms with van der Waals surface area (Å²) in [6, 6.07) is 17.3. The molecule has 0 unspecified atom stereocenters. The van der Waals surface area contributed by atoms with Crippen molar-refractivity contribution in [1.29, 1.82) is 5.26 Å². The maximum atomic E-state index is 13.3. The van der Waals surface area contributed by atoms with Crippen molar-refractivity contribution in [1.82, 2.24) is 15.0 Å². The van der Waals surface area contributed by atoms with Crippen LogP contribution in [0.4, 0.5) is 4.39 Å². The molecular weight excluding hydrogens is 255 g/mol. The van der Waals surface area contributed by atoms with E-state index in [0.29, 0.717) is 11.4 Å². The van der Waals surface area contributed by atoms with Crippen molar-refractivity contribution in [2.24, 2.45) is 0 Å². The molecule has 0 fully saturated rings.